The van der Waals surface area contributed by atoms with Crippen molar-refractivity contribution in [1.82, 2.24) is 5.32 Å². The summed E-state index contributed by atoms with van der Waals surface area (Å²) in [4.78, 5) is 11.7. The Bertz CT molecular complexity index is 528. The number of carbonyl (C=O) groups is 1. The molecule has 1 amide bonds. The van der Waals surface area contributed by atoms with E-state index < -0.39 is 0 Å². The summed E-state index contributed by atoms with van der Waals surface area (Å²) in [6.45, 7) is 2.12. The summed E-state index contributed by atoms with van der Waals surface area (Å²) < 4.78 is 1.03. The number of thioether (sulfide) groups is 1. The van der Waals surface area contributed by atoms with Crippen LogP contribution in [0.4, 0.5) is 0 Å². The van der Waals surface area contributed by atoms with Gasteiger partial charge in [0.2, 0.25) is 5.91 Å². The van der Waals surface area contributed by atoms with Gasteiger partial charge in [0.15, 0.2) is 5.17 Å². The molecule has 1 heterocycles. The number of hydrogen-bond donors (Lipinski definition) is 1. The minimum atomic E-state index is -0.0171. The maximum atomic E-state index is 11.7. The fourth-order valence-electron chi connectivity index (χ4n) is 1.73. The minimum absolute atomic E-state index is 0.0171. The molecule has 20 heavy (non-hydrogen) atoms. The van der Waals surface area contributed by atoms with Crippen LogP contribution in [0.3, 0.4) is 0 Å². The normalized spacial score (nSPS) is 20.8. The first-order valence-electron chi connectivity index (χ1n) is 6.53. The average Bonchev–Trinajstić information content (AvgIpc) is 2.79. The number of unbranched alkanes of at least 4 members (excludes halogenated alkanes) is 1. The van der Waals surface area contributed by atoms with Gasteiger partial charge in [0.05, 0.1) is 11.5 Å². The Morgan fingerprint density at radius 3 is 2.85 bits per heavy atom. The lowest BCUT2D eigenvalue weighted by atomic mass is 10.2. The molecule has 1 aromatic rings. The molecule has 0 aromatic heterocycles. The standard InChI is InChI=1S/C14H16BrN3OS/c1-2-3-4-12-13(19)17-14(20-12)18-16-9-10-5-7-11(15)8-6-10/h5-9,12H,2-4H2,1H3,(H,17,18,19)/b16-9+. The predicted octanol–water partition coefficient (Wildman–Crippen LogP) is 3.56. The van der Waals surface area contributed by atoms with Crippen LogP contribution < -0.4 is 5.32 Å². The van der Waals surface area contributed by atoms with E-state index in [0.717, 1.165) is 29.3 Å². The van der Waals surface area contributed by atoms with Crippen molar-refractivity contribution in [3.05, 3.63) is 34.3 Å². The van der Waals surface area contributed by atoms with Crippen LogP contribution >= 0.6 is 27.7 Å². The topological polar surface area (TPSA) is 53.8 Å². The highest BCUT2D eigenvalue weighted by molar-refractivity contribution is 9.10. The van der Waals surface area contributed by atoms with Crippen LogP contribution in [-0.4, -0.2) is 22.5 Å². The van der Waals surface area contributed by atoms with E-state index in [-0.39, 0.29) is 11.2 Å². The molecule has 1 aliphatic rings. The Morgan fingerprint density at radius 1 is 1.40 bits per heavy atom. The molecule has 0 bridgehead atoms. The second kappa shape index (κ2) is 7.59. The van der Waals surface area contributed by atoms with Gasteiger partial charge in [0.25, 0.3) is 0 Å². The van der Waals surface area contributed by atoms with E-state index in [4.69, 9.17) is 0 Å². The van der Waals surface area contributed by atoms with Gasteiger partial charge in [-0.05, 0) is 24.1 Å². The molecule has 1 atom stereocenters. The molecular weight excluding hydrogens is 338 g/mol. The lowest BCUT2D eigenvalue weighted by Gasteiger charge is -2.01. The van der Waals surface area contributed by atoms with E-state index in [1.807, 2.05) is 24.3 Å². The zero-order chi connectivity index (χ0) is 14.4. The van der Waals surface area contributed by atoms with E-state index in [1.54, 1.807) is 6.21 Å². The molecule has 1 aliphatic heterocycles. The maximum absolute atomic E-state index is 11.7. The number of nitrogens with one attached hydrogen (secondary N) is 1. The number of amides is 1. The summed E-state index contributed by atoms with van der Waals surface area (Å²) in [6.07, 6.45) is 4.72. The second-order valence-electron chi connectivity index (χ2n) is 4.44. The summed E-state index contributed by atoms with van der Waals surface area (Å²) in [5, 5.41) is 11.4. The molecule has 0 radical (unpaired) electrons. The highest BCUT2D eigenvalue weighted by Crippen LogP contribution is 2.24. The minimum Gasteiger partial charge on any atom is -0.303 e. The van der Waals surface area contributed by atoms with Crippen LogP contribution in [0.5, 0.6) is 0 Å². The van der Waals surface area contributed by atoms with Crippen molar-refractivity contribution in [2.75, 3.05) is 0 Å². The van der Waals surface area contributed by atoms with Crippen LogP contribution in [-0.2, 0) is 4.79 Å². The van der Waals surface area contributed by atoms with Gasteiger partial charge in [-0.15, -0.1) is 5.10 Å². The lowest BCUT2D eigenvalue weighted by Crippen LogP contribution is -2.24. The summed E-state index contributed by atoms with van der Waals surface area (Å²) in [7, 11) is 0. The van der Waals surface area contributed by atoms with Crippen LogP contribution in [0.1, 0.15) is 31.7 Å². The van der Waals surface area contributed by atoms with Crippen molar-refractivity contribution in [1.29, 1.82) is 0 Å². The van der Waals surface area contributed by atoms with Crippen molar-refractivity contribution < 1.29 is 4.79 Å². The van der Waals surface area contributed by atoms with Gasteiger partial charge in [-0.1, -0.05) is 59.6 Å². The van der Waals surface area contributed by atoms with E-state index in [1.165, 1.54) is 11.8 Å². The van der Waals surface area contributed by atoms with Gasteiger partial charge in [-0.2, -0.15) is 5.10 Å². The van der Waals surface area contributed by atoms with E-state index in [9.17, 15) is 4.79 Å². The zero-order valence-electron chi connectivity index (χ0n) is 11.2. The first-order chi connectivity index (χ1) is 9.69. The lowest BCUT2D eigenvalue weighted by molar-refractivity contribution is -0.118. The Morgan fingerprint density at radius 2 is 2.15 bits per heavy atom. The number of carbonyl (C=O) groups excluding carboxylic acids is 1. The van der Waals surface area contributed by atoms with Crippen LogP contribution in [0, 0.1) is 0 Å². The molecule has 0 saturated carbocycles. The molecule has 1 aromatic carbocycles. The smallest absolute Gasteiger partial charge is 0.239 e. The van der Waals surface area contributed by atoms with E-state index in [0.29, 0.717) is 5.17 Å². The van der Waals surface area contributed by atoms with Gasteiger partial charge in [-0.25, -0.2) is 0 Å². The number of rotatable bonds is 5. The summed E-state index contributed by atoms with van der Waals surface area (Å²) >= 11 is 4.84. The van der Waals surface area contributed by atoms with E-state index in [2.05, 4.69) is 38.4 Å². The summed E-state index contributed by atoms with van der Waals surface area (Å²) in [5.74, 6) is 0.0426. The van der Waals surface area contributed by atoms with E-state index >= 15 is 0 Å². The van der Waals surface area contributed by atoms with Gasteiger partial charge < -0.3 is 5.32 Å². The molecule has 2 rings (SSSR count). The first kappa shape index (κ1) is 15.3. The first-order valence-corrected chi connectivity index (χ1v) is 8.20. The predicted molar refractivity (Wildman–Crippen MR) is 88.2 cm³/mol. The zero-order valence-corrected chi connectivity index (χ0v) is 13.6. The van der Waals surface area contributed by atoms with Gasteiger partial charge in [0.1, 0.15) is 0 Å². The fourth-order valence-corrected chi connectivity index (χ4v) is 2.97. The Balaban J connectivity index is 1.92. The van der Waals surface area contributed by atoms with Crippen molar-refractivity contribution in [3.63, 3.8) is 0 Å². The van der Waals surface area contributed by atoms with Gasteiger partial charge in [0, 0.05) is 4.47 Å². The molecular formula is C14H16BrN3OS. The van der Waals surface area contributed by atoms with Crippen LogP contribution in [0.15, 0.2) is 38.9 Å². The molecule has 0 spiro atoms. The quantitative estimate of drug-likeness (QED) is 0.649. The number of halogens is 1. The third-order valence-corrected chi connectivity index (χ3v) is 4.49. The molecule has 1 N–H and O–H groups in total. The van der Waals surface area contributed by atoms with Crippen molar-refractivity contribution in [2.24, 2.45) is 10.2 Å². The van der Waals surface area contributed by atoms with Gasteiger partial charge in [-0.3, -0.25) is 4.79 Å². The van der Waals surface area contributed by atoms with Crippen LogP contribution in [0.25, 0.3) is 0 Å². The second-order valence-corrected chi connectivity index (χ2v) is 6.55. The Labute approximate surface area is 131 Å². The van der Waals surface area contributed by atoms with Gasteiger partial charge >= 0.3 is 0 Å². The van der Waals surface area contributed by atoms with Crippen molar-refractivity contribution in [3.8, 4) is 0 Å². The fraction of sp³-hybridized carbons (Fsp3) is 0.357. The number of benzene rings is 1. The summed E-state index contributed by atoms with van der Waals surface area (Å²) in [6, 6.07) is 7.78. The third-order valence-electron chi connectivity index (χ3n) is 2.82. The molecule has 1 unspecified atom stereocenters. The maximum Gasteiger partial charge on any atom is 0.239 e. The van der Waals surface area contributed by atoms with Crippen LogP contribution in [0.2, 0.25) is 0 Å². The van der Waals surface area contributed by atoms with Crippen molar-refractivity contribution in [2.45, 2.75) is 31.4 Å². The number of nitrogens with zero attached hydrogens (tertiary/aromatic N) is 2. The molecule has 106 valence electrons. The molecule has 4 nitrogen and oxygen atoms in total. The molecule has 1 saturated heterocycles. The molecule has 6 heteroatoms. The number of hydrogen-bond acceptors (Lipinski definition) is 4. The van der Waals surface area contributed by atoms with Crippen molar-refractivity contribution >= 4 is 45.0 Å². The monoisotopic (exact) mass is 353 g/mol. The Kier molecular flexibility index (Phi) is 5.79. The molecule has 0 aliphatic carbocycles. The molecule has 1 fully saturated rings. The Hall–Kier alpha value is -1.14. The average molecular weight is 354 g/mol. The highest BCUT2D eigenvalue weighted by Gasteiger charge is 2.29. The third kappa shape index (κ3) is 4.45. The number of amidine groups is 1. The highest BCUT2D eigenvalue weighted by atomic mass is 79.9. The largest absolute Gasteiger partial charge is 0.303 e. The summed E-state index contributed by atoms with van der Waals surface area (Å²) in [5.41, 5.74) is 0.967. The SMILES string of the molecule is CCCCC1S/C(=N\N=C\c2ccc(Br)cc2)NC1=O.